The lowest BCUT2D eigenvalue weighted by atomic mass is 9.88. The molecule has 1 saturated carbocycles. The summed E-state index contributed by atoms with van der Waals surface area (Å²) in [6.45, 7) is 0.803. The molecule has 0 unspecified atom stereocenters. The molecule has 96 valence electrons. The number of nitrogens with one attached hydrogen (secondary N) is 1. The van der Waals surface area contributed by atoms with E-state index < -0.39 is 0 Å². The smallest absolute Gasteiger partial charge is 0.195 e. The Morgan fingerprint density at radius 2 is 2.18 bits per heavy atom. The van der Waals surface area contributed by atoms with E-state index in [4.69, 9.17) is 12.2 Å². The van der Waals surface area contributed by atoms with Gasteiger partial charge in [-0.1, -0.05) is 19.3 Å². The minimum Gasteiger partial charge on any atom is -0.388 e. The van der Waals surface area contributed by atoms with E-state index in [0.29, 0.717) is 10.6 Å². The van der Waals surface area contributed by atoms with Crippen LogP contribution in [0, 0.1) is 4.77 Å². The van der Waals surface area contributed by atoms with Gasteiger partial charge in [0.1, 0.15) is 6.61 Å². The highest BCUT2D eigenvalue weighted by Crippen LogP contribution is 2.40. The van der Waals surface area contributed by atoms with Gasteiger partial charge in [-0.2, -0.15) is 16.9 Å². The number of aliphatic hydroxyl groups excluding tert-OH is 1. The van der Waals surface area contributed by atoms with Crippen LogP contribution in [0.25, 0.3) is 0 Å². The molecule has 0 bridgehead atoms. The molecule has 2 N–H and O–H groups in total. The van der Waals surface area contributed by atoms with E-state index >= 15 is 0 Å². The van der Waals surface area contributed by atoms with E-state index in [2.05, 4.69) is 16.5 Å². The van der Waals surface area contributed by atoms with Crippen LogP contribution in [0.4, 0.5) is 0 Å². The Morgan fingerprint density at radius 3 is 2.76 bits per heavy atom. The summed E-state index contributed by atoms with van der Waals surface area (Å²) in [5.41, 5.74) is 0. The van der Waals surface area contributed by atoms with Gasteiger partial charge in [0.2, 0.25) is 0 Å². The molecule has 1 aliphatic rings. The van der Waals surface area contributed by atoms with Crippen LogP contribution >= 0.6 is 24.0 Å². The highest BCUT2D eigenvalue weighted by Gasteiger charge is 2.32. The number of hydrogen-bond donors (Lipinski definition) is 2. The third kappa shape index (κ3) is 2.74. The summed E-state index contributed by atoms with van der Waals surface area (Å²) in [5, 5.41) is 16.1. The zero-order valence-electron chi connectivity index (χ0n) is 10.1. The van der Waals surface area contributed by atoms with Crippen LogP contribution in [-0.2, 0) is 13.2 Å². The second kappa shape index (κ2) is 5.54. The second-order valence-electron chi connectivity index (χ2n) is 4.64. The normalized spacial score (nSPS) is 19.4. The molecular formula is C11H19N3OS2. The molecule has 0 radical (unpaired) electrons. The Kier molecular flexibility index (Phi) is 4.27. The van der Waals surface area contributed by atoms with Crippen molar-refractivity contribution in [2.24, 2.45) is 0 Å². The third-order valence-corrected chi connectivity index (χ3v) is 5.34. The van der Waals surface area contributed by atoms with Crippen molar-refractivity contribution >= 4 is 24.0 Å². The van der Waals surface area contributed by atoms with Gasteiger partial charge in [0.15, 0.2) is 10.6 Å². The molecule has 1 aromatic heterocycles. The molecule has 17 heavy (non-hydrogen) atoms. The predicted octanol–water partition coefficient (Wildman–Crippen LogP) is 2.50. The van der Waals surface area contributed by atoms with Gasteiger partial charge in [-0.05, 0) is 31.3 Å². The highest BCUT2D eigenvalue weighted by atomic mass is 32.2. The topological polar surface area (TPSA) is 53.8 Å². The zero-order chi connectivity index (χ0) is 12.3. The summed E-state index contributed by atoms with van der Waals surface area (Å²) in [6, 6.07) is 0. The van der Waals surface area contributed by atoms with Gasteiger partial charge in [0.05, 0.1) is 0 Å². The van der Waals surface area contributed by atoms with Gasteiger partial charge >= 0.3 is 0 Å². The first-order chi connectivity index (χ1) is 8.21. The van der Waals surface area contributed by atoms with Crippen LogP contribution in [0.15, 0.2) is 0 Å². The molecule has 0 aliphatic heterocycles. The summed E-state index contributed by atoms with van der Waals surface area (Å²) in [7, 11) is 0. The molecular weight excluding hydrogens is 254 g/mol. The predicted molar refractivity (Wildman–Crippen MR) is 72.7 cm³/mol. The maximum absolute atomic E-state index is 9.26. The SMILES string of the molecule is CSC1(Cn2c(CO)n[nH]c2=S)CCCCC1. The average Bonchev–Trinajstić information content (AvgIpc) is 2.72. The number of thioether (sulfide) groups is 1. The lowest BCUT2D eigenvalue weighted by molar-refractivity contribution is 0.258. The molecule has 1 aliphatic carbocycles. The number of aromatic amines is 1. The third-order valence-electron chi connectivity index (χ3n) is 3.62. The molecule has 0 amide bonds. The fraction of sp³-hybridized carbons (Fsp3) is 0.818. The molecule has 0 spiro atoms. The maximum Gasteiger partial charge on any atom is 0.195 e. The lowest BCUT2D eigenvalue weighted by Gasteiger charge is -2.36. The maximum atomic E-state index is 9.26. The molecule has 6 heteroatoms. The van der Waals surface area contributed by atoms with Crippen LogP contribution in [0.5, 0.6) is 0 Å². The minimum atomic E-state index is -0.0579. The van der Waals surface area contributed by atoms with Gasteiger partial charge < -0.3 is 9.67 Å². The van der Waals surface area contributed by atoms with Crippen molar-refractivity contribution in [3.8, 4) is 0 Å². The number of aromatic nitrogens is 3. The van der Waals surface area contributed by atoms with Crippen LogP contribution in [0.2, 0.25) is 0 Å². The summed E-state index contributed by atoms with van der Waals surface area (Å²) in [6.07, 6.45) is 8.55. The van der Waals surface area contributed by atoms with Crippen molar-refractivity contribution in [1.29, 1.82) is 0 Å². The van der Waals surface area contributed by atoms with Crippen LogP contribution in [0.3, 0.4) is 0 Å². The Labute approximate surface area is 111 Å². The quantitative estimate of drug-likeness (QED) is 0.828. The van der Waals surface area contributed by atoms with Crippen molar-refractivity contribution in [2.45, 2.75) is 50.0 Å². The molecule has 1 heterocycles. The summed E-state index contributed by atoms with van der Waals surface area (Å²) < 4.78 is 2.84. The van der Waals surface area contributed by atoms with Crippen molar-refractivity contribution < 1.29 is 5.11 Å². The largest absolute Gasteiger partial charge is 0.388 e. The molecule has 1 aromatic rings. The van der Waals surface area contributed by atoms with Crippen molar-refractivity contribution in [3.05, 3.63) is 10.6 Å². The van der Waals surface area contributed by atoms with Gasteiger partial charge in [-0.15, -0.1) is 0 Å². The van der Waals surface area contributed by atoms with Crippen molar-refractivity contribution in [3.63, 3.8) is 0 Å². The molecule has 4 nitrogen and oxygen atoms in total. The van der Waals surface area contributed by atoms with Gasteiger partial charge in [-0.25, -0.2) is 0 Å². The van der Waals surface area contributed by atoms with E-state index in [-0.39, 0.29) is 11.4 Å². The number of nitrogens with zero attached hydrogens (tertiary/aromatic N) is 2. The van der Waals surface area contributed by atoms with Gasteiger partial charge in [0, 0.05) is 11.3 Å². The van der Waals surface area contributed by atoms with E-state index in [1.165, 1.54) is 32.1 Å². The second-order valence-corrected chi connectivity index (χ2v) is 6.30. The molecule has 2 rings (SSSR count). The Hall–Kier alpha value is -0.330. The Morgan fingerprint density at radius 1 is 1.47 bits per heavy atom. The van der Waals surface area contributed by atoms with Crippen LogP contribution < -0.4 is 0 Å². The first kappa shape index (κ1) is 13.1. The number of hydrogen-bond acceptors (Lipinski definition) is 4. The lowest BCUT2D eigenvalue weighted by Crippen LogP contribution is -2.33. The summed E-state index contributed by atoms with van der Waals surface area (Å²) in [4.78, 5) is 0. The summed E-state index contributed by atoms with van der Waals surface area (Å²) >= 11 is 7.16. The van der Waals surface area contributed by atoms with E-state index in [0.717, 1.165) is 6.54 Å². The zero-order valence-corrected chi connectivity index (χ0v) is 11.7. The van der Waals surface area contributed by atoms with Gasteiger partial charge in [0.25, 0.3) is 0 Å². The van der Waals surface area contributed by atoms with Crippen LogP contribution in [-0.4, -0.2) is 30.9 Å². The molecule has 0 saturated heterocycles. The fourth-order valence-corrected chi connectivity index (χ4v) is 3.72. The van der Waals surface area contributed by atoms with Crippen LogP contribution in [0.1, 0.15) is 37.9 Å². The molecule has 0 aromatic carbocycles. The van der Waals surface area contributed by atoms with E-state index in [9.17, 15) is 5.11 Å². The van der Waals surface area contributed by atoms with Crippen molar-refractivity contribution in [2.75, 3.05) is 6.26 Å². The average molecular weight is 273 g/mol. The van der Waals surface area contributed by atoms with Crippen molar-refractivity contribution in [1.82, 2.24) is 14.8 Å². The Balaban J connectivity index is 2.22. The standard InChI is InChI=1S/C11H19N3OS2/c1-17-11(5-3-2-4-6-11)8-14-9(7-15)12-13-10(14)16/h15H,2-8H2,1H3,(H,13,16). The molecule has 1 fully saturated rings. The monoisotopic (exact) mass is 273 g/mol. The Bertz CT molecular complexity index is 421. The number of rotatable bonds is 4. The first-order valence-electron chi connectivity index (χ1n) is 6.01. The number of H-pyrrole nitrogens is 1. The minimum absolute atomic E-state index is 0.0579. The van der Waals surface area contributed by atoms with E-state index in [1.54, 1.807) is 0 Å². The molecule has 0 atom stereocenters. The fourth-order valence-electron chi connectivity index (χ4n) is 2.55. The van der Waals surface area contributed by atoms with E-state index in [1.807, 2.05) is 16.3 Å². The summed E-state index contributed by atoms with van der Waals surface area (Å²) in [5.74, 6) is 0.647. The highest BCUT2D eigenvalue weighted by molar-refractivity contribution is 8.00. The van der Waals surface area contributed by atoms with Gasteiger partial charge in [-0.3, -0.25) is 5.10 Å². The number of aliphatic hydroxyl groups is 1. The first-order valence-corrected chi connectivity index (χ1v) is 7.64.